The summed E-state index contributed by atoms with van der Waals surface area (Å²) >= 11 is 0. The number of hydrogen-bond donors (Lipinski definition) is 0. The Morgan fingerprint density at radius 1 is 1.15 bits per heavy atom. The van der Waals surface area contributed by atoms with Crippen molar-refractivity contribution in [3.8, 4) is 0 Å². The first-order valence-corrected chi connectivity index (χ1v) is 13.4. The lowest BCUT2D eigenvalue weighted by Gasteiger charge is -2.16. The second-order valence-corrected chi connectivity index (χ2v) is 9.94. The molecule has 0 atom stereocenters. The smallest absolute Gasteiger partial charge is 0.238 e. The molecule has 0 bridgehead atoms. The molecule has 0 radical (unpaired) electrons. The fourth-order valence-corrected chi connectivity index (χ4v) is 4.30. The molecule has 5 nitrogen and oxygen atoms in total. The number of allylic oxidation sites excluding steroid dienone is 5. The van der Waals surface area contributed by atoms with Crippen molar-refractivity contribution in [2.75, 3.05) is 46.9 Å². The molecule has 1 aromatic carbocycles. The maximum absolute atomic E-state index is 11.7. The van der Waals surface area contributed by atoms with Crippen LogP contribution >= 0.6 is 0 Å². The van der Waals surface area contributed by atoms with Crippen LogP contribution < -0.4 is 0 Å². The van der Waals surface area contributed by atoms with Gasteiger partial charge in [0.2, 0.25) is 10.0 Å². The van der Waals surface area contributed by atoms with Crippen LogP contribution in [0.4, 0.5) is 0 Å². The third-order valence-electron chi connectivity index (χ3n) is 5.31. The van der Waals surface area contributed by atoms with Gasteiger partial charge in [-0.15, -0.1) is 0 Å². The molecule has 2 rings (SSSR count). The van der Waals surface area contributed by atoms with Gasteiger partial charge in [-0.05, 0) is 69.8 Å². The zero-order valence-electron chi connectivity index (χ0n) is 21.7. The summed E-state index contributed by atoms with van der Waals surface area (Å²) in [4.78, 5) is 2.86. The normalized spacial score (nSPS) is 14.6. The van der Waals surface area contributed by atoms with Gasteiger partial charge in [0.25, 0.3) is 0 Å². The van der Waals surface area contributed by atoms with E-state index in [9.17, 15) is 8.42 Å². The van der Waals surface area contributed by atoms with Gasteiger partial charge in [-0.2, -0.15) is 4.31 Å². The molecule has 1 fully saturated rings. The predicted molar refractivity (Wildman–Crippen MR) is 143 cm³/mol. The van der Waals surface area contributed by atoms with Gasteiger partial charge >= 0.3 is 0 Å². The Morgan fingerprint density at radius 2 is 1.73 bits per heavy atom. The topological polar surface area (TPSA) is 49.9 Å². The molecule has 1 aliphatic heterocycles. The van der Waals surface area contributed by atoms with E-state index in [1.54, 1.807) is 6.92 Å². The van der Waals surface area contributed by atoms with Crippen LogP contribution in [0.5, 0.6) is 0 Å². The fourth-order valence-electron chi connectivity index (χ4n) is 3.23. The molecule has 1 heterocycles. The van der Waals surface area contributed by atoms with Gasteiger partial charge in [0.05, 0.1) is 11.5 Å². The lowest BCUT2D eigenvalue weighted by atomic mass is 10.1. The second kappa shape index (κ2) is 18.7. The Kier molecular flexibility index (Phi) is 17.7. The lowest BCUT2D eigenvalue weighted by Crippen LogP contribution is -2.30. The van der Waals surface area contributed by atoms with Crippen molar-refractivity contribution in [3.05, 3.63) is 71.2 Å². The Balaban J connectivity index is 0.000000589. The van der Waals surface area contributed by atoms with E-state index in [1.807, 2.05) is 13.8 Å². The molecule has 0 unspecified atom stereocenters. The van der Waals surface area contributed by atoms with Crippen LogP contribution in [-0.2, 0) is 27.6 Å². The minimum atomic E-state index is -3.33. The maximum atomic E-state index is 11.7. The quantitative estimate of drug-likeness (QED) is 0.313. The van der Waals surface area contributed by atoms with Crippen LogP contribution in [0.25, 0.3) is 0 Å². The van der Waals surface area contributed by atoms with Crippen molar-refractivity contribution < 1.29 is 13.2 Å². The van der Waals surface area contributed by atoms with E-state index >= 15 is 0 Å². The number of likely N-dealkylation sites (tertiary alicyclic amines) is 1. The Hall–Kier alpha value is -1.73. The summed E-state index contributed by atoms with van der Waals surface area (Å²) in [6.07, 6.45) is 12.3. The Bertz CT molecular complexity index is 793. The highest BCUT2D eigenvalue weighted by Crippen LogP contribution is 2.11. The van der Waals surface area contributed by atoms with Gasteiger partial charge in [-0.25, -0.2) is 8.42 Å². The molecule has 6 heteroatoms. The van der Waals surface area contributed by atoms with Crippen molar-refractivity contribution in [3.63, 3.8) is 0 Å². The molecule has 1 saturated heterocycles. The molecule has 0 spiro atoms. The first-order valence-electron chi connectivity index (χ1n) is 12.0. The van der Waals surface area contributed by atoms with Crippen LogP contribution in [0.1, 0.15) is 51.7 Å². The summed E-state index contributed by atoms with van der Waals surface area (Å²) in [5, 5.41) is 0. The van der Waals surface area contributed by atoms with Crippen LogP contribution in [0.2, 0.25) is 0 Å². The van der Waals surface area contributed by atoms with E-state index in [1.165, 1.54) is 80.6 Å². The number of benzene rings is 1. The summed E-state index contributed by atoms with van der Waals surface area (Å²) in [5.41, 5.74) is 2.88. The van der Waals surface area contributed by atoms with E-state index in [4.69, 9.17) is 4.74 Å². The Morgan fingerprint density at radius 3 is 2.24 bits per heavy atom. The number of hydrogen-bond acceptors (Lipinski definition) is 4. The van der Waals surface area contributed by atoms with Crippen LogP contribution in [0.3, 0.4) is 0 Å². The third-order valence-corrected chi connectivity index (χ3v) is 7.26. The zero-order chi connectivity index (χ0) is 25.1. The van der Waals surface area contributed by atoms with E-state index in [-0.39, 0.29) is 4.91 Å². The fraction of sp³-hybridized carbons (Fsp3) is 0.556. The zero-order valence-corrected chi connectivity index (χ0v) is 22.5. The van der Waals surface area contributed by atoms with E-state index < -0.39 is 10.0 Å². The number of ether oxygens (including phenoxy) is 1. The molecular weight excluding hydrogens is 432 g/mol. The molecule has 0 N–H and O–H groups in total. The molecule has 33 heavy (non-hydrogen) atoms. The third kappa shape index (κ3) is 12.9. The van der Waals surface area contributed by atoms with Crippen LogP contribution in [0, 0.1) is 0 Å². The SMILES string of the molecule is C/C=C\Cc1ccc(CCN2CCCC2)cc1.C=C/C=C(\C)S(=O)(=O)N(C)CCOC.CC. The molecule has 0 amide bonds. The highest BCUT2D eigenvalue weighted by atomic mass is 32.2. The summed E-state index contributed by atoms with van der Waals surface area (Å²) in [5.74, 6) is 0. The van der Waals surface area contributed by atoms with Crippen molar-refractivity contribution in [2.24, 2.45) is 0 Å². The number of sulfonamides is 1. The van der Waals surface area contributed by atoms with Crippen molar-refractivity contribution in [1.82, 2.24) is 9.21 Å². The summed E-state index contributed by atoms with van der Waals surface area (Å²) in [6.45, 7) is 15.6. The van der Waals surface area contributed by atoms with E-state index in [0.29, 0.717) is 13.2 Å². The molecule has 0 aliphatic carbocycles. The van der Waals surface area contributed by atoms with Gasteiger partial charge in [0.15, 0.2) is 0 Å². The number of nitrogens with zero attached hydrogens (tertiary/aromatic N) is 2. The predicted octanol–water partition coefficient (Wildman–Crippen LogP) is 5.45. The van der Waals surface area contributed by atoms with E-state index in [0.717, 1.165) is 6.42 Å². The first kappa shape index (κ1) is 31.3. The Labute approximate surface area is 203 Å². The standard InChI is InChI=1S/C16H23N.C9H17NO3S.C2H6/c1-2-3-6-15-7-9-16(10-8-15)11-14-17-12-4-5-13-17;1-5-6-9(2)14(11,12)10(3)7-8-13-4;1-2/h2-3,7-10H,4-6,11-14H2,1H3;5-6H,1,7-8H2,2-4H3;1-2H3/b3-2-;9-6+;. The monoisotopic (exact) mass is 478 g/mol. The number of methoxy groups -OCH3 is 1. The maximum Gasteiger partial charge on any atom is 0.238 e. The van der Waals surface area contributed by atoms with Gasteiger partial charge in [0, 0.05) is 27.2 Å². The van der Waals surface area contributed by atoms with E-state index in [2.05, 4.69) is 54.8 Å². The van der Waals surface area contributed by atoms with Crippen molar-refractivity contribution >= 4 is 10.0 Å². The molecule has 0 saturated carbocycles. The summed E-state index contributed by atoms with van der Waals surface area (Å²) < 4.78 is 29.4. The highest BCUT2D eigenvalue weighted by molar-refractivity contribution is 7.92. The average molecular weight is 479 g/mol. The summed E-state index contributed by atoms with van der Waals surface area (Å²) in [7, 11) is -0.273. The minimum absolute atomic E-state index is 0.283. The van der Waals surface area contributed by atoms with Gasteiger partial charge in [-0.1, -0.05) is 62.9 Å². The summed E-state index contributed by atoms with van der Waals surface area (Å²) in [6, 6.07) is 9.10. The molecule has 1 aliphatic rings. The van der Waals surface area contributed by atoms with Crippen LogP contribution in [-0.4, -0.2) is 64.6 Å². The highest BCUT2D eigenvalue weighted by Gasteiger charge is 2.18. The molecule has 0 aromatic heterocycles. The minimum Gasteiger partial charge on any atom is -0.383 e. The van der Waals surface area contributed by atoms with Gasteiger partial charge < -0.3 is 9.64 Å². The molecule has 1 aromatic rings. The van der Waals surface area contributed by atoms with Crippen molar-refractivity contribution in [2.45, 2.75) is 53.4 Å². The molecule has 188 valence electrons. The lowest BCUT2D eigenvalue weighted by molar-refractivity contribution is 0.185. The largest absolute Gasteiger partial charge is 0.383 e. The van der Waals surface area contributed by atoms with Gasteiger partial charge in [0.1, 0.15) is 0 Å². The van der Waals surface area contributed by atoms with Crippen molar-refractivity contribution in [1.29, 1.82) is 0 Å². The average Bonchev–Trinajstić information content (AvgIpc) is 3.36. The molecular formula is C27H46N2O3S. The first-order chi connectivity index (χ1) is 15.8. The number of likely N-dealkylation sites (N-methyl/N-ethyl adjacent to an activating group) is 1. The number of rotatable bonds is 11. The van der Waals surface area contributed by atoms with Crippen LogP contribution in [0.15, 0.2) is 60.1 Å². The second-order valence-electron chi connectivity index (χ2n) is 7.72. The van der Waals surface area contributed by atoms with Gasteiger partial charge in [-0.3, -0.25) is 0 Å².